The number of hydrogen-bond acceptors (Lipinski definition) is 3. The summed E-state index contributed by atoms with van der Waals surface area (Å²) in [7, 11) is 0. The predicted octanol–water partition coefficient (Wildman–Crippen LogP) is 5.26. The predicted molar refractivity (Wildman–Crippen MR) is 99.1 cm³/mol. The number of aromatic nitrogens is 1. The van der Waals surface area contributed by atoms with E-state index in [1.54, 1.807) is 12.3 Å². The lowest BCUT2D eigenvalue weighted by molar-refractivity contribution is -0.147. The highest BCUT2D eigenvalue weighted by Gasteiger charge is 2.34. The fourth-order valence-corrected chi connectivity index (χ4v) is 4.19. The van der Waals surface area contributed by atoms with Crippen LogP contribution < -0.4 is 0 Å². The minimum Gasteiger partial charge on any atom is -0.481 e. The minimum absolute atomic E-state index is 0.0270. The molecule has 1 aliphatic rings. The van der Waals surface area contributed by atoms with Gasteiger partial charge in [-0.15, -0.1) is 0 Å². The van der Waals surface area contributed by atoms with Crippen molar-refractivity contribution in [2.24, 2.45) is 11.8 Å². The van der Waals surface area contributed by atoms with Gasteiger partial charge in [-0.2, -0.15) is 13.2 Å². The van der Waals surface area contributed by atoms with Gasteiger partial charge in [0.05, 0.1) is 23.6 Å². The quantitative estimate of drug-likeness (QED) is 0.724. The van der Waals surface area contributed by atoms with Crippen molar-refractivity contribution in [2.75, 3.05) is 13.2 Å². The molecule has 2 aromatic rings. The summed E-state index contributed by atoms with van der Waals surface area (Å²) in [6.45, 7) is 2.51. The molecule has 1 saturated carbocycles. The Labute approximate surface area is 161 Å². The molecule has 0 amide bonds. The molecule has 1 aromatic heterocycles. The van der Waals surface area contributed by atoms with E-state index in [0.29, 0.717) is 17.5 Å². The second kappa shape index (κ2) is 8.47. The van der Waals surface area contributed by atoms with Gasteiger partial charge < -0.3 is 9.84 Å². The number of carboxylic acids is 1. The summed E-state index contributed by atoms with van der Waals surface area (Å²) in [5.74, 6) is -1.25. The summed E-state index contributed by atoms with van der Waals surface area (Å²) >= 11 is 0. The van der Waals surface area contributed by atoms with E-state index >= 15 is 0 Å². The molecule has 4 nitrogen and oxygen atoms in total. The number of carboxylic acid groups (broad SMARTS) is 1. The minimum atomic E-state index is -4.40. The number of hydrogen-bond donors (Lipinski definition) is 1. The highest BCUT2D eigenvalue weighted by atomic mass is 19.4. The van der Waals surface area contributed by atoms with Crippen LogP contribution in [0.25, 0.3) is 10.9 Å². The fourth-order valence-electron chi connectivity index (χ4n) is 4.19. The number of carbonyl (C=O) groups is 1. The van der Waals surface area contributed by atoms with Crippen LogP contribution in [0.4, 0.5) is 13.2 Å². The van der Waals surface area contributed by atoms with Gasteiger partial charge in [0.25, 0.3) is 0 Å². The third kappa shape index (κ3) is 4.46. The van der Waals surface area contributed by atoms with Crippen molar-refractivity contribution in [1.29, 1.82) is 0 Å². The SMILES string of the molecule is CCOCC(C(=O)O)C1CCC(c2ccnc3ccc(C(F)(F)F)cc23)CC1. The smallest absolute Gasteiger partial charge is 0.416 e. The average molecular weight is 395 g/mol. The average Bonchev–Trinajstić information content (AvgIpc) is 2.67. The Morgan fingerprint density at radius 1 is 1.25 bits per heavy atom. The molecule has 1 unspecified atom stereocenters. The van der Waals surface area contributed by atoms with Gasteiger partial charge in [-0.1, -0.05) is 0 Å². The lowest BCUT2D eigenvalue weighted by Crippen LogP contribution is -2.31. The second-order valence-corrected chi connectivity index (χ2v) is 7.35. The van der Waals surface area contributed by atoms with Crippen LogP contribution in [-0.4, -0.2) is 29.3 Å². The molecule has 7 heteroatoms. The molecule has 28 heavy (non-hydrogen) atoms. The highest BCUT2D eigenvalue weighted by molar-refractivity contribution is 5.83. The fraction of sp³-hybridized carbons (Fsp3) is 0.524. The van der Waals surface area contributed by atoms with Gasteiger partial charge in [0.1, 0.15) is 0 Å². The molecule has 1 heterocycles. The number of fused-ring (bicyclic) bond motifs is 1. The van der Waals surface area contributed by atoms with Crippen molar-refractivity contribution in [1.82, 2.24) is 4.98 Å². The molecule has 1 fully saturated rings. The number of halogens is 3. The van der Waals surface area contributed by atoms with Crippen LogP contribution in [0.5, 0.6) is 0 Å². The molecule has 0 radical (unpaired) electrons. The van der Waals surface area contributed by atoms with Crippen LogP contribution in [-0.2, 0) is 15.7 Å². The summed E-state index contributed by atoms with van der Waals surface area (Å²) in [6.07, 6.45) is 0.167. The summed E-state index contributed by atoms with van der Waals surface area (Å²) in [4.78, 5) is 15.8. The Morgan fingerprint density at radius 3 is 2.57 bits per heavy atom. The maximum absolute atomic E-state index is 13.1. The summed E-state index contributed by atoms with van der Waals surface area (Å²) in [5, 5.41) is 10.0. The molecular weight excluding hydrogens is 371 g/mol. The molecule has 152 valence electrons. The third-order valence-corrected chi connectivity index (χ3v) is 5.70. The van der Waals surface area contributed by atoms with Crippen LogP contribution >= 0.6 is 0 Å². The van der Waals surface area contributed by atoms with Crippen molar-refractivity contribution < 1.29 is 27.8 Å². The van der Waals surface area contributed by atoms with Crippen LogP contribution in [0, 0.1) is 11.8 Å². The van der Waals surface area contributed by atoms with E-state index in [1.165, 1.54) is 12.1 Å². The molecule has 1 aromatic carbocycles. The largest absolute Gasteiger partial charge is 0.481 e. The Kier molecular flexibility index (Phi) is 6.23. The first-order chi connectivity index (χ1) is 13.3. The van der Waals surface area contributed by atoms with E-state index in [9.17, 15) is 23.1 Å². The van der Waals surface area contributed by atoms with Crippen LogP contribution in [0.1, 0.15) is 49.7 Å². The van der Waals surface area contributed by atoms with Gasteiger partial charge in [0, 0.05) is 18.2 Å². The molecule has 0 aliphatic heterocycles. The van der Waals surface area contributed by atoms with E-state index in [4.69, 9.17) is 4.74 Å². The maximum atomic E-state index is 13.1. The summed E-state index contributed by atoms with van der Waals surface area (Å²) in [6, 6.07) is 5.44. The number of alkyl halides is 3. The van der Waals surface area contributed by atoms with Gasteiger partial charge in [0.15, 0.2) is 0 Å². The van der Waals surface area contributed by atoms with Crippen molar-refractivity contribution in [3.63, 3.8) is 0 Å². The van der Waals surface area contributed by atoms with E-state index in [-0.39, 0.29) is 18.4 Å². The van der Waals surface area contributed by atoms with Gasteiger partial charge in [-0.3, -0.25) is 9.78 Å². The normalized spacial score (nSPS) is 21.6. The van der Waals surface area contributed by atoms with Crippen molar-refractivity contribution in [3.8, 4) is 0 Å². The molecule has 1 aliphatic carbocycles. The zero-order valence-corrected chi connectivity index (χ0v) is 15.7. The Bertz CT molecular complexity index is 829. The monoisotopic (exact) mass is 395 g/mol. The van der Waals surface area contributed by atoms with Crippen molar-refractivity contribution in [3.05, 3.63) is 41.6 Å². The molecule has 0 bridgehead atoms. The Balaban J connectivity index is 1.80. The number of rotatable bonds is 6. The number of pyridine rings is 1. The molecular formula is C21H24F3NO3. The summed E-state index contributed by atoms with van der Waals surface area (Å²) < 4.78 is 44.7. The highest BCUT2D eigenvalue weighted by Crippen LogP contribution is 2.41. The van der Waals surface area contributed by atoms with Gasteiger partial charge in [-0.05, 0) is 74.3 Å². The summed E-state index contributed by atoms with van der Waals surface area (Å²) in [5.41, 5.74) is 0.740. The molecule has 1 N–H and O–H groups in total. The molecule has 3 rings (SSSR count). The zero-order valence-electron chi connectivity index (χ0n) is 15.7. The lowest BCUT2D eigenvalue weighted by atomic mass is 9.73. The second-order valence-electron chi connectivity index (χ2n) is 7.35. The number of ether oxygens (including phenoxy) is 1. The molecule has 0 saturated heterocycles. The van der Waals surface area contributed by atoms with Gasteiger partial charge >= 0.3 is 12.1 Å². The zero-order chi connectivity index (χ0) is 20.3. The first-order valence-corrected chi connectivity index (χ1v) is 9.57. The first-order valence-electron chi connectivity index (χ1n) is 9.57. The van der Waals surface area contributed by atoms with Crippen LogP contribution in [0.2, 0.25) is 0 Å². The van der Waals surface area contributed by atoms with E-state index in [2.05, 4.69) is 4.98 Å². The van der Waals surface area contributed by atoms with E-state index in [1.807, 2.05) is 6.92 Å². The van der Waals surface area contributed by atoms with Crippen molar-refractivity contribution >= 4 is 16.9 Å². The Hall–Kier alpha value is -2.15. The Morgan fingerprint density at radius 2 is 1.96 bits per heavy atom. The lowest BCUT2D eigenvalue weighted by Gasteiger charge is -2.32. The van der Waals surface area contributed by atoms with Crippen LogP contribution in [0.15, 0.2) is 30.5 Å². The van der Waals surface area contributed by atoms with E-state index < -0.39 is 23.6 Å². The van der Waals surface area contributed by atoms with E-state index in [0.717, 1.165) is 37.3 Å². The number of aliphatic carboxylic acids is 1. The van der Waals surface area contributed by atoms with Crippen molar-refractivity contribution in [2.45, 2.75) is 44.7 Å². The van der Waals surface area contributed by atoms with Gasteiger partial charge in [0.2, 0.25) is 0 Å². The maximum Gasteiger partial charge on any atom is 0.416 e. The molecule has 0 spiro atoms. The topological polar surface area (TPSA) is 59.4 Å². The standard InChI is InChI=1S/C21H24F3NO3/c1-2-28-12-18(20(26)27)14-5-3-13(4-6-14)16-9-10-25-19-8-7-15(11-17(16)19)21(22,23)24/h7-11,13-14,18H,2-6,12H2,1H3,(H,26,27). The van der Waals surface area contributed by atoms with Crippen LogP contribution in [0.3, 0.4) is 0 Å². The molecule has 1 atom stereocenters. The third-order valence-electron chi connectivity index (χ3n) is 5.70. The number of nitrogens with zero attached hydrogens (tertiary/aromatic N) is 1. The number of benzene rings is 1. The first kappa shape index (κ1) is 20.6. The van der Waals surface area contributed by atoms with Gasteiger partial charge in [-0.25, -0.2) is 0 Å².